The molecule has 0 bridgehead atoms. The predicted octanol–water partition coefficient (Wildman–Crippen LogP) is 0.938. The number of pyridine rings is 1. The molecule has 1 N–H and O–H groups in total. The number of rotatable bonds is 3. The van der Waals surface area contributed by atoms with Crippen LogP contribution in [0.3, 0.4) is 0 Å². The molecule has 0 aromatic carbocycles. The van der Waals surface area contributed by atoms with Crippen LogP contribution in [-0.4, -0.2) is 41.7 Å². The highest BCUT2D eigenvalue weighted by atomic mass is 16.3. The fourth-order valence-electron chi connectivity index (χ4n) is 2.37. The van der Waals surface area contributed by atoms with Crippen LogP contribution in [0, 0.1) is 5.41 Å². The summed E-state index contributed by atoms with van der Waals surface area (Å²) in [4.78, 5) is 6.61. The first kappa shape index (κ1) is 10.6. The average molecular weight is 206 g/mol. The minimum Gasteiger partial charge on any atom is -0.396 e. The van der Waals surface area contributed by atoms with Gasteiger partial charge < -0.3 is 10.0 Å². The quantitative estimate of drug-likeness (QED) is 0.799. The smallest absolute Gasteiger partial charge is 0.0503 e. The number of aliphatic hydroxyl groups is 1. The van der Waals surface area contributed by atoms with Gasteiger partial charge in [0.25, 0.3) is 0 Å². The van der Waals surface area contributed by atoms with Crippen molar-refractivity contribution in [1.29, 1.82) is 0 Å². The monoisotopic (exact) mass is 206 g/mol. The lowest BCUT2D eigenvalue weighted by Gasteiger charge is -2.26. The van der Waals surface area contributed by atoms with Crippen LogP contribution in [0.5, 0.6) is 0 Å². The Balaban J connectivity index is 2.09. The van der Waals surface area contributed by atoms with Gasteiger partial charge in [-0.15, -0.1) is 0 Å². The fourth-order valence-corrected chi connectivity index (χ4v) is 2.37. The molecule has 2 heterocycles. The molecule has 0 aliphatic carbocycles. The van der Waals surface area contributed by atoms with Crippen LogP contribution in [0.2, 0.25) is 0 Å². The lowest BCUT2D eigenvalue weighted by Crippen LogP contribution is -2.31. The molecule has 1 aliphatic rings. The third kappa shape index (κ3) is 2.36. The van der Waals surface area contributed by atoms with Gasteiger partial charge in [-0.25, -0.2) is 0 Å². The van der Waals surface area contributed by atoms with E-state index in [0.29, 0.717) is 0 Å². The Kier molecular flexibility index (Phi) is 3.03. The second-order valence-electron chi connectivity index (χ2n) is 4.64. The number of hydrogen-bond donors (Lipinski definition) is 1. The van der Waals surface area contributed by atoms with E-state index in [4.69, 9.17) is 0 Å². The van der Waals surface area contributed by atoms with Crippen molar-refractivity contribution in [3.8, 4) is 0 Å². The zero-order valence-electron chi connectivity index (χ0n) is 9.19. The maximum absolute atomic E-state index is 9.54. The molecule has 1 fully saturated rings. The van der Waals surface area contributed by atoms with E-state index in [1.165, 1.54) is 0 Å². The van der Waals surface area contributed by atoms with Crippen LogP contribution in [0.25, 0.3) is 0 Å². The van der Waals surface area contributed by atoms with E-state index in [1.54, 1.807) is 0 Å². The van der Waals surface area contributed by atoms with Crippen LogP contribution >= 0.6 is 0 Å². The summed E-state index contributed by atoms with van der Waals surface area (Å²) in [5.74, 6) is 0. The van der Waals surface area contributed by atoms with Gasteiger partial charge >= 0.3 is 0 Å². The number of hydrogen-bond acceptors (Lipinski definition) is 3. The molecule has 3 nitrogen and oxygen atoms in total. The summed E-state index contributed by atoms with van der Waals surface area (Å²) in [6, 6.07) is 5.97. The number of aromatic nitrogens is 1. The van der Waals surface area contributed by atoms with Gasteiger partial charge in [0.15, 0.2) is 0 Å². The van der Waals surface area contributed by atoms with Crippen molar-refractivity contribution in [1.82, 2.24) is 9.88 Å². The first-order valence-corrected chi connectivity index (χ1v) is 5.43. The van der Waals surface area contributed by atoms with Crippen molar-refractivity contribution < 1.29 is 5.11 Å². The minimum absolute atomic E-state index is 0.0309. The Labute approximate surface area is 90.8 Å². The highest BCUT2D eigenvalue weighted by molar-refractivity contribution is 5.08. The summed E-state index contributed by atoms with van der Waals surface area (Å²) in [5.41, 5.74) is 1.12. The van der Waals surface area contributed by atoms with Crippen molar-refractivity contribution in [2.75, 3.05) is 26.7 Å². The molecule has 1 aromatic heterocycles. The number of likely N-dealkylation sites (tertiary alicyclic amines) is 1. The second-order valence-corrected chi connectivity index (χ2v) is 4.64. The van der Waals surface area contributed by atoms with Crippen molar-refractivity contribution in [2.24, 2.45) is 5.41 Å². The van der Waals surface area contributed by atoms with Crippen LogP contribution in [0.4, 0.5) is 0 Å². The zero-order chi connectivity index (χ0) is 10.7. The van der Waals surface area contributed by atoms with Crippen LogP contribution in [0.15, 0.2) is 24.4 Å². The average Bonchev–Trinajstić information content (AvgIpc) is 2.62. The van der Waals surface area contributed by atoms with Gasteiger partial charge in [-0.2, -0.15) is 0 Å². The standard InChI is InChI=1S/C12H18N2O/c1-14-7-5-12(9-14,10-15)8-11-4-2-3-6-13-11/h2-4,6,15H,5,7-10H2,1H3. The van der Waals surface area contributed by atoms with Gasteiger partial charge in [0, 0.05) is 23.9 Å². The maximum atomic E-state index is 9.54. The van der Waals surface area contributed by atoms with Gasteiger partial charge in [-0.05, 0) is 38.6 Å². The molecule has 0 amide bonds. The highest BCUT2D eigenvalue weighted by Gasteiger charge is 2.36. The lowest BCUT2D eigenvalue weighted by molar-refractivity contribution is 0.131. The molecule has 3 heteroatoms. The summed E-state index contributed by atoms with van der Waals surface area (Å²) in [6.45, 7) is 2.31. The molecule has 0 radical (unpaired) electrons. The lowest BCUT2D eigenvalue weighted by atomic mass is 9.83. The van der Waals surface area contributed by atoms with E-state index in [9.17, 15) is 5.11 Å². The Morgan fingerprint density at radius 1 is 1.53 bits per heavy atom. The summed E-state index contributed by atoms with van der Waals surface area (Å²) < 4.78 is 0. The Bertz CT molecular complexity index is 315. The maximum Gasteiger partial charge on any atom is 0.0503 e. The fraction of sp³-hybridized carbons (Fsp3) is 0.583. The Hall–Kier alpha value is -0.930. The Morgan fingerprint density at radius 3 is 2.93 bits per heavy atom. The summed E-state index contributed by atoms with van der Waals surface area (Å²) in [6.07, 6.45) is 3.77. The molecule has 82 valence electrons. The van der Waals surface area contributed by atoms with Crippen molar-refractivity contribution in [2.45, 2.75) is 12.8 Å². The molecule has 0 saturated carbocycles. The second kappa shape index (κ2) is 4.29. The number of nitrogens with zero attached hydrogens (tertiary/aromatic N) is 2. The van der Waals surface area contributed by atoms with Gasteiger partial charge in [0.05, 0.1) is 6.61 Å². The van der Waals surface area contributed by atoms with E-state index in [1.807, 2.05) is 24.4 Å². The highest BCUT2D eigenvalue weighted by Crippen LogP contribution is 2.32. The first-order valence-electron chi connectivity index (χ1n) is 5.43. The SMILES string of the molecule is CN1CCC(CO)(Cc2ccccn2)C1. The molecular formula is C12H18N2O. The van der Waals surface area contributed by atoms with E-state index in [-0.39, 0.29) is 12.0 Å². The van der Waals surface area contributed by atoms with E-state index in [0.717, 1.165) is 31.6 Å². The third-order valence-corrected chi connectivity index (χ3v) is 3.25. The normalized spacial score (nSPS) is 27.1. The van der Waals surface area contributed by atoms with Gasteiger partial charge in [-0.1, -0.05) is 6.07 Å². The molecule has 1 saturated heterocycles. The predicted molar refractivity (Wildman–Crippen MR) is 59.6 cm³/mol. The van der Waals surface area contributed by atoms with Gasteiger partial charge in [-0.3, -0.25) is 4.98 Å². The molecule has 0 spiro atoms. The number of aliphatic hydroxyl groups excluding tert-OH is 1. The van der Waals surface area contributed by atoms with Gasteiger partial charge in [0.1, 0.15) is 0 Å². The minimum atomic E-state index is 0.0309. The van der Waals surface area contributed by atoms with Crippen LogP contribution in [0.1, 0.15) is 12.1 Å². The van der Waals surface area contributed by atoms with E-state index >= 15 is 0 Å². The van der Waals surface area contributed by atoms with Crippen molar-refractivity contribution in [3.63, 3.8) is 0 Å². The van der Waals surface area contributed by atoms with Crippen LogP contribution in [-0.2, 0) is 6.42 Å². The Morgan fingerprint density at radius 2 is 2.40 bits per heavy atom. The topological polar surface area (TPSA) is 36.4 Å². The molecule has 1 aliphatic heterocycles. The zero-order valence-corrected chi connectivity index (χ0v) is 9.19. The van der Waals surface area contributed by atoms with Crippen LogP contribution < -0.4 is 0 Å². The van der Waals surface area contributed by atoms with Crippen molar-refractivity contribution in [3.05, 3.63) is 30.1 Å². The summed E-state index contributed by atoms with van der Waals surface area (Å²) in [5, 5.41) is 9.54. The largest absolute Gasteiger partial charge is 0.396 e. The third-order valence-electron chi connectivity index (χ3n) is 3.25. The van der Waals surface area contributed by atoms with E-state index < -0.39 is 0 Å². The molecule has 1 aromatic rings. The first-order chi connectivity index (χ1) is 7.24. The van der Waals surface area contributed by atoms with Crippen molar-refractivity contribution >= 4 is 0 Å². The molecule has 15 heavy (non-hydrogen) atoms. The van der Waals surface area contributed by atoms with E-state index in [2.05, 4.69) is 16.9 Å². The summed E-state index contributed by atoms with van der Waals surface area (Å²) >= 11 is 0. The van der Waals surface area contributed by atoms with Gasteiger partial charge in [0.2, 0.25) is 0 Å². The molecule has 1 atom stereocenters. The molecule has 1 unspecified atom stereocenters. The summed E-state index contributed by atoms with van der Waals surface area (Å²) in [7, 11) is 2.11. The molecular weight excluding hydrogens is 188 g/mol. The molecule has 2 rings (SSSR count).